The fraction of sp³-hybridized carbons (Fsp3) is 0. The average Bonchev–Trinajstić information content (AvgIpc) is 2.69. The summed E-state index contributed by atoms with van der Waals surface area (Å²) in [4.78, 5) is 10.5. The number of nitrogens with one attached hydrogen (secondary N) is 1. The fourth-order valence-electron chi connectivity index (χ4n) is 0.826. The van der Waals surface area contributed by atoms with E-state index >= 15 is 0 Å². The number of imidazole rings is 1. The lowest BCUT2D eigenvalue weighted by Crippen LogP contribution is -1.66. The molecule has 2 heterocycles. The van der Waals surface area contributed by atoms with Gasteiger partial charge < -0.3 is 4.98 Å². The van der Waals surface area contributed by atoms with Gasteiger partial charge in [0.05, 0.1) is 18.2 Å². The van der Waals surface area contributed by atoms with Crippen molar-refractivity contribution in [1.82, 2.24) is 15.0 Å². The first-order valence-corrected chi connectivity index (χ1v) is 3.75. The lowest BCUT2D eigenvalue weighted by Gasteiger charge is -1.87. The smallest absolute Gasteiger partial charge is 0.172 e. The minimum Gasteiger partial charge on any atom is -0.328 e. The molecule has 0 bridgehead atoms. The molecule has 0 aliphatic rings. The van der Waals surface area contributed by atoms with Gasteiger partial charge in [0, 0.05) is 12.4 Å². The van der Waals surface area contributed by atoms with Crippen LogP contribution >= 0.6 is 0 Å². The number of aromatic nitrogens is 3. The fourth-order valence-corrected chi connectivity index (χ4v) is 0.826. The van der Waals surface area contributed by atoms with Crippen LogP contribution in [0.25, 0.3) is 0 Å². The summed E-state index contributed by atoms with van der Waals surface area (Å²) in [5, 5.41) is 7.88. The minimum absolute atomic E-state index is 0.636. The zero-order valence-electron chi connectivity index (χ0n) is 6.75. The van der Waals surface area contributed by atoms with E-state index in [1.165, 1.54) is 0 Å². The molecule has 0 saturated carbocycles. The van der Waals surface area contributed by atoms with Gasteiger partial charge in [-0.25, -0.2) is 4.98 Å². The van der Waals surface area contributed by atoms with Gasteiger partial charge in [0.2, 0.25) is 0 Å². The Hall–Kier alpha value is -2.04. The highest BCUT2D eigenvalue weighted by atomic mass is 15.2. The molecule has 0 aliphatic carbocycles. The van der Waals surface area contributed by atoms with Crippen LogP contribution in [0.15, 0.2) is 47.3 Å². The number of hydrogen-bond acceptors (Lipinski definition) is 4. The van der Waals surface area contributed by atoms with Crippen LogP contribution in [-0.4, -0.2) is 15.0 Å². The molecule has 0 aliphatic heterocycles. The van der Waals surface area contributed by atoms with Crippen LogP contribution in [0.1, 0.15) is 0 Å². The van der Waals surface area contributed by atoms with Gasteiger partial charge >= 0.3 is 0 Å². The second-order valence-corrected chi connectivity index (χ2v) is 2.34. The molecule has 13 heavy (non-hydrogen) atoms. The van der Waals surface area contributed by atoms with Crippen molar-refractivity contribution in [3.8, 4) is 0 Å². The predicted octanol–water partition coefficient (Wildman–Crippen LogP) is 2.22. The quantitative estimate of drug-likeness (QED) is 0.707. The summed E-state index contributed by atoms with van der Waals surface area (Å²) < 4.78 is 0. The summed E-state index contributed by atoms with van der Waals surface area (Å²) in [5.41, 5.74) is 0.768. The summed E-state index contributed by atoms with van der Waals surface area (Å²) in [5.74, 6) is 0.636. The molecule has 0 radical (unpaired) electrons. The van der Waals surface area contributed by atoms with Crippen molar-refractivity contribution in [3.05, 3.63) is 37.1 Å². The van der Waals surface area contributed by atoms with Gasteiger partial charge in [-0.3, -0.25) is 4.98 Å². The number of azo groups is 1. The molecular formula is C8H7N5. The Kier molecular flexibility index (Phi) is 2.09. The molecule has 5 nitrogen and oxygen atoms in total. The van der Waals surface area contributed by atoms with Crippen LogP contribution in [-0.2, 0) is 0 Å². The number of aromatic amines is 1. The highest BCUT2D eigenvalue weighted by molar-refractivity contribution is 5.33. The molecule has 0 amide bonds. The molecule has 0 spiro atoms. The third-order valence-corrected chi connectivity index (χ3v) is 1.42. The van der Waals surface area contributed by atoms with E-state index in [9.17, 15) is 0 Å². The Morgan fingerprint density at radius 1 is 1.08 bits per heavy atom. The Morgan fingerprint density at radius 3 is 2.62 bits per heavy atom. The molecule has 2 aromatic rings. The first-order valence-electron chi connectivity index (χ1n) is 3.75. The van der Waals surface area contributed by atoms with Crippen molar-refractivity contribution >= 4 is 11.5 Å². The van der Waals surface area contributed by atoms with Gasteiger partial charge in [0.25, 0.3) is 0 Å². The molecule has 0 aromatic carbocycles. The maximum absolute atomic E-state index is 3.96. The number of nitrogens with zero attached hydrogens (tertiary/aromatic N) is 4. The number of rotatable bonds is 2. The number of H-pyrrole nitrogens is 1. The second kappa shape index (κ2) is 3.57. The first kappa shape index (κ1) is 7.60. The molecule has 1 N–H and O–H groups in total. The van der Waals surface area contributed by atoms with Crippen molar-refractivity contribution in [2.75, 3.05) is 0 Å². The Morgan fingerprint density at radius 2 is 1.92 bits per heavy atom. The lowest BCUT2D eigenvalue weighted by molar-refractivity contribution is 1.17. The van der Waals surface area contributed by atoms with Crippen LogP contribution in [0, 0.1) is 0 Å². The van der Waals surface area contributed by atoms with Crippen LogP contribution in [0.4, 0.5) is 11.5 Å². The third kappa shape index (κ3) is 1.96. The summed E-state index contributed by atoms with van der Waals surface area (Å²) in [7, 11) is 0. The zero-order chi connectivity index (χ0) is 8.93. The predicted molar refractivity (Wildman–Crippen MR) is 47.0 cm³/mol. The standard InChI is InChI=1S/C8H7N5/c1-3-9-4-2-7(1)12-13-8-5-10-6-11-8/h1-6H,(H,10,11)/b13-12+. The average molecular weight is 173 g/mol. The third-order valence-electron chi connectivity index (χ3n) is 1.42. The van der Waals surface area contributed by atoms with Crippen LogP contribution in [0.2, 0.25) is 0 Å². The monoisotopic (exact) mass is 173 g/mol. The largest absolute Gasteiger partial charge is 0.328 e. The van der Waals surface area contributed by atoms with Crippen LogP contribution in [0.5, 0.6) is 0 Å². The topological polar surface area (TPSA) is 66.3 Å². The van der Waals surface area contributed by atoms with Gasteiger partial charge in [-0.1, -0.05) is 0 Å². The molecular weight excluding hydrogens is 166 g/mol. The molecule has 0 atom stereocenters. The van der Waals surface area contributed by atoms with Crippen molar-refractivity contribution in [3.63, 3.8) is 0 Å². The van der Waals surface area contributed by atoms with Crippen molar-refractivity contribution in [2.24, 2.45) is 10.2 Å². The number of hydrogen-bond donors (Lipinski definition) is 1. The summed E-state index contributed by atoms with van der Waals surface area (Å²) in [6, 6.07) is 3.56. The minimum atomic E-state index is 0.636. The van der Waals surface area contributed by atoms with Crippen LogP contribution < -0.4 is 0 Å². The van der Waals surface area contributed by atoms with Gasteiger partial charge in [-0.05, 0) is 12.1 Å². The van der Waals surface area contributed by atoms with Gasteiger partial charge in [0.1, 0.15) is 0 Å². The maximum atomic E-state index is 3.96. The van der Waals surface area contributed by atoms with E-state index in [4.69, 9.17) is 0 Å². The molecule has 64 valence electrons. The first-order chi connectivity index (χ1) is 6.45. The van der Waals surface area contributed by atoms with Crippen molar-refractivity contribution < 1.29 is 0 Å². The molecule has 0 unspecified atom stereocenters. The Balaban J connectivity index is 2.15. The highest BCUT2D eigenvalue weighted by Gasteiger charge is 1.88. The SMILES string of the molecule is c1cc(/N=N/c2cnc[nH]2)ccn1. The lowest BCUT2D eigenvalue weighted by atomic mass is 10.4. The van der Waals surface area contributed by atoms with E-state index in [-0.39, 0.29) is 0 Å². The van der Waals surface area contributed by atoms with E-state index in [0.717, 1.165) is 5.69 Å². The molecule has 2 aromatic heterocycles. The van der Waals surface area contributed by atoms with Gasteiger partial charge in [-0.2, -0.15) is 0 Å². The van der Waals surface area contributed by atoms with Crippen molar-refractivity contribution in [2.45, 2.75) is 0 Å². The second-order valence-electron chi connectivity index (χ2n) is 2.34. The van der Waals surface area contributed by atoms with Crippen molar-refractivity contribution in [1.29, 1.82) is 0 Å². The molecule has 0 saturated heterocycles. The number of pyridine rings is 1. The van der Waals surface area contributed by atoms with Gasteiger partial charge in [-0.15, -0.1) is 10.2 Å². The molecule has 0 fully saturated rings. The van der Waals surface area contributed by atoms with E-state index < -0.39 is 0 Å². The van der Waals surface area contributed by atoms with Gasteiger partial charge in [0.15, 0.2) is 5.82 Å². The zero-order valence-corrected chi connectivity index (χ0v) is 6.75. The summed E-state index contributed by atoms with van der Waals surface area (Å²) >= 11 is 0. The Bertz CT molecular complexity index is 378. The molecule has 5 heteroatoms. The van der Waals surface area contributed by atoms with E-state index in [2.05, 4.69) is 25.2 Å². The summed E-state index contributed by atoms with van der Waals surface area (Å²) in [6.45, 7) is 0. The van der Waals surface area contributed by atoms with E-state index in [1.807, 2.05) is 0 Å². The maximum Gasteiger partial charge on any atom is 0.172 e. The van der Waals surface area contributed by atoms with Crippen LogP contribution in [0.3, 0.4) is 0 Å². The Labute approximate surface area is 74.6 Å². The normalized spacial score (nSPS) is 10.8. The summed E-state index contributed by atoms with van der Waals surface area (Å²) in [6.07, 6.45) is 6.49. The highest BCUT2D eigenvalue weighted by Crippen LogP contribution is 2.13. The van der Waals surface area contributed by atoms with E-state index in [0.29, 0.717) is 5.82 Å². The van der Waals surface area contributed by atoms with E-state index in [1.54, 1.807) is 37.1 Å². The molecule has 2 rings (SSSR count).